The molecule has 1 aromatic carbocycles. The van der Waals surface area contributed by atoms with E-state index in [1.165, 1.54) is 31.2 Å². The Bertz CT molecular complexity index is 662. The van der Waals surface area contributed by atoms with Gasteiger partial charge in [-0.15, -0.1) is 0 Å². The molecule has 2 saturated heterocycles. The average Bonchev–Trinajstić information content (AvgIpc) is 3.28. The van der Waals surface area contributed by atoms with Crippen molar-refractivity contribution in [2.24, 2.45) is 0 Å². The van der Waals surface area contributed by atoms with E-state index in [0.717, 1.165) is 32.0 Å². The van der Waals surface area contributed by atoms with Crippen LogP contribution in [0.3, 0.4) is 0 Å². The molecule has 0 N–H and O–H groups in total. The van der Waals surface area contributed by atoms with Crippen molar-refractivity contribution in [1.29, 1.82) is 0 Å². The number of nitrogens with zero attached hydrogens (tertiary/aromatic N) is 2. The number of rotatable bonds is 4. The quantitative estimate of drug-likeness (QED) is 0.783. The summed E-state index contributed by atoms with van der Waals surface area (Å²) in [7, 11) is 0. The zero-order chi connectivity index (χ0) is 18.3. The van der Waals surface area contributed by atoms with E-state index in [2.05, 4.69) is 29.2 Å². The van der Waals surface area contributed by atoms with Crippen LogP contribution in [0, 0.1) is 0 Å². The summed E-state index contributed by atoms with van der Waals surface area (Å²) < 4.78 is 5.58. The van der Waals surface area contributed by atoms with Crippen molar-refractivity contribution in [2.75, 3.05) is 19.6 Å². The van der Waals surface area contributed by atoms with Gasteiger partial charge in [0.2, 0.25) is 0 Å². The maximum atomic E-state index is 12.4. The van der Waals surface area contributed by atoms with Gasteiger partial charge < -0.3 is 9.64 Å². The molecule has 142 valence electrons. The van der Waals surface area contributed by atoms with E-state index in [9.17, 15) is 4.79 Å². The van der Waals surface area contributed by atoms with Gasteiger partial charge in [0, 0.05) is 25.2 Å². The fraction of sp³-hybridized carbons (Fsp3) is 0.682. The SMILES string of the molecule is CC(C)(C)OC(=O)N1CCC1CN1CCCC1c1ccccc1C1CC1. The number of amides is 1. The lowest BCUT2D eigenvalue weighted by Gasteiger charge is -2.44. The molecule has 2 unspecified atom stereocenters. The Kier molecular flexibility index (Phi) is 4.72. The lowest BCUT2D eigenvalue weighted by molar-refractivity contribution is -0.0129. The number of likely N-dealkylation sites (tertiary alicyclic amines) is 2. The van der Waals surface area contributed by atoms with Crippen LogP contribution in [0.5, 0.6) is 0 Å². The van der Waals surface area contributed by atoms with E-state index < -0.39 is 5.60 Å². The van der Waals surface area contributed by atoms with Crippen molar-refractivity contribution in [3.8, 4) is 0 Å². The minimum atomic E-state index is -0.420. The molecule has 1 aliphatic carbocycles. The molecular weight excluding hydrogens is 324 g/mol. The number of hydrogen-bond acceptors (Lipinski definition) is 3. The largest absolute Gasteiger partial charge is 0.444 e. The summed E-state index contributed by atoms with van der Waals surface area (Å²) in [6.45, 7) is 8.75. The van der Waals surface area contributed by atoms with Crippen LogP contribution >= 0.6 is 0 Å². The predicted octanol–water partition coefficient (Wildman–Crippen LogP) is 4.71. The topological polar surface area (TPSA) is 32.8 Å². The predicted molar refractivity (Wildman–Crippen MR) is 103 cm³/mol. The van der Waals surface area contributed by atoms with Gasteiger partial charge in [0.15, 0.2) is 0 Å². The maximum Gasteiger partial charge on any atom is 0.410 e. The molecule has 1 saturated carbocycles. The standard InChI is InChI=1S/C22H32N2O2/c1-22(2,3)26-21(25)24-14-12-17(24)15-23-13-6-9-20(23)19-8-5-4-7-18(19)16-10-11-16/h4-5,7-8,16-17,20H,6,9-15H2,1-3H3. The Balaban J connectivity index is 1.43. The summed E-state index contributed by atoms with van der Waals surface area (Å²) in [5.74, 6) is 0.788. The second-order valence-electron chi connectivity index (χ2n) is 9.17. The summed E-state index contributed by atoms with van der Waals surface area (Å²) in [6.07, 6.45) is 6.12. The highest BCUT2D eigenvalue weighted by Gasteiger charge is 2.39. The number of carbonyl (C=O) groups is 1. The van der Waals surface area contributed by atoms with Crippen molar-refractivity contribution >= 4 is 6.09 Å². The normalized spacial score (nSPS) is 26.7. The number of carbonyl (C=O) groups excluding carboxylic acids is 1. The third kappa shape index (κ3) is 3.75. The van der Waals surface area contributed by atoms with E-state index >= 15 is 0 Å². The van der Waals surface area contributed by atoms with Crippen molar-refractivity contribution in [2.45, 2.75) is 76.5 Å². The van der Waals surface area contributed by atoms with Crippen LogP contribution in [-0.4, -0.2) is 47.2 Å². The number of hydrogen-bond donors (Lipinski definition) is 0. The summed E-state index contributed by atoms with van der Waals surface area (Å²) in [6, 6.07) is 9.87. The van der Waals surface area contributed by atoms with Crippen molar-refractivity contribution in [3.05, 3.63) is 35.4 Å². The van der Waals surface area contributed by atoms with Crippen molar-refractivity contribution < 1.29 is 9.53 Å². The highest BCUT2D eigenvalue weighted by molar-refractivity contribution is 5.69. The molecule has 0 aromatic heterocycles. The fourth-order valence-corrected chi connectivity index (χ4v) is 4.44. The summed E-state index contributed by atoms with van der Waals surface area (Å²) in [5.41, 5.74) is 2.69. The Labute approximate surface area is 157 Å². The van der Waals surface area contributed by atoms with Gasteiger partial charge in [-0.05, 0) is 76.5 Å². The second-order valence-corrected chi connectivity index (χ2v) is 9.17. The first kappa shape index (κ1) is 17.8. The van der Waals surface area contributed by atoms with Crippen LogP contribution < -0.4 is 0 Å². The molecular formula is C22H32N2O2. The van der Waals surface area contributed by atoms with E-state index in [1.54, 1.807) is 5.56 Å². The molecule has 2 aliphatic heterocycles. The Morgan fingerprint density at radius 2 is 1.81 bits per heavy atom. The number of ether oxygens (including phenoxy) is 1. The van der Waals surface area contributed by atoms with Crippen LogP contribution in [0.2, 0.25) is 0 Å². The van der Waals surface area contributed by atoms with E-state index in [-0.39, 0.29) is 6.09 Å². The number of benzene rings is 1. The molecule has 26 heavy (non-hydrogen) atoms. The van der Waals surface area contributed by atoms with Crippen LogP contribution in [-0.2, 0) is 4.74 Å². The van der Waals surface area contributed by atoms with Gasteiger partial charge in [-0.1, -0.05) is 24.3 Å². The second kappa shape index (κ2) is 6.88. The summed E-state index contributed by atoms with van der Waals surface area (Å²) in [5, 5.41) is 0. The molecule has 0 radical (unpaired) electrons. The first-order valence-corrected chi connectivity index (χ1v) is 10.2. The first-order chi connectivity index (χ1) is 12.4. The lowest BCUT2D eigenvalue weighted by Crippen LogP contribution is -2.56. The molecule has 1 amide bonds. The van der Waals surface area contributed by atoms with Gasteiger partial charge in [0.25, 0.3) is 0 Å². The summed E-state index contributed by atoms with van der Waals surface area (Å²) >= 11 is 0. The van der Waals surface area contributed by atoms with Gasteiger partial charge in [-0.25, -0.2) is 4.79 Å². The van der Waals surface area contributed by atoms with Crippen molar-refractivity contribution in [3.63, 3.8) is 0 Å². The zero-order valence-electron chi connectivity index (χ0n) is 16.4. The lowest BCUT2D eigenvalue weighted by atomic mass is 9.94. The molecule has 1 aromatic rings. The third-order valence-electron chi connectivity index (χ3n) is 5.95. The first-order valence-electron chi connectivity index (χ1n) is 10.2. The van der Waals surface area contributed by atoms with E-state index in [0.29, 0.717) is 12.1 Å². The zero-order valence-corrected chi connectivity index (χ0v) is 16.4. The van der Waals surface area contributed by atoms with Gasteiger partial charge in [0.05, 0.1) is 0 Å². The smallest absolute Gasteiger partial charge is 0.410 e. The Hall–Kier alpha value is -1.55. The van der Waals surface area contributed by atoms with Crippen LogP contribution in [0.25, 0.3) is 0 Å². The van der Waals surface area contributed by atoms with Gasteiger partial charge >= 0.3 is 6.09 Å². The van der Waals surface area contributed by atoms with Gasteiger partial charge in [-0.2, -0.15) is 0 Å². The monoisotopic (exact) mass is 356 g/mol. The molecule has 0 spiro atoms. The van der Waals surface area contributed by atoms with Crippen LogP contribution in [0.1, 0.15) is 76.0 Å². The third-order valence-corrected chi connectivity index (χ3v) is 5.95. The van der Waals surface area contributed by atoms with E-state index in [4.69, 9.17) is 4.74 Å². The molecule has 0 bridgehead atoms. The van der Waals surface area contributed by atoms with Crippen molar-refractivity contribution in [1.82, 2.24) is 9.80 Å². The molecule has 4 rings (SSSR count). The molecule has 3 aliphatic rings. The molecule has 3 fully saturated rings. The fourth-order valence-electron chi connectivity index (χ4n) is 4.44. The Morgan fingerprint density at radius 3 is 2.42 bits per heavy atom. The van der Waals surface area contributed by atoms with Gasteiger partial charge in [0.1, 0.15) is 5.60 Å². The maximum absolute atomic E-state index is 12.4. The van der Waals surface area contributed by atoms with E-state index in [1.807, 2.05) is 25.7 Å². The molecule has 2 heterocycles. The average molecular weight is 357 g/mol. The molecule has 4 heteroatoms. The molecule has 4 nitrogen and oxygen atoms in total. The highest BCUT2D eigenvalue weighted by atomic mass is 16.6. The minimum Gasteiger partial charge on any atom is -0.444 e. The van der Waals surface area contributed by atoms with Crippen LogP contribution in [0.15, 0.2) is 24.3 Å². The Morgan fingerprint density at radius 1 is 1.08 bits per heavy atom. The highest BCUT2D eigenvalue weighted by Crippen LogP contribution is 2.45. The summed E-state index contributed by atoms with van der Waals surface area (Å²) in [4.78, 5) is 17.0. The minimum absolute atomic E-state index is 0.150. The van der Waals surface area contributed by atoms with Gasteiger partial charge in [-0.3, -0.25) is 4.90 Å². The van der Waals surface area contributed by atoms with Crippen LogP contribution in [0.4, 0.5) is 4.79 Å². The molecule has 2 atom stereocenters.